The Labute approximate surface area is 151 Å². The average Bonchev–Trinajstić information content (AvgIpc) is 2.81. The fraction of sp³-hybridized carbons (Fsp3) is 0.375. The van der Waals surface area contributed by atoms with Gasteiger partial charge in [0.15, 0.2) is 9.84 Å². The number of benzene rings is 1. The molecule has 0 aliphatic carbocycles. The molecular weight excluding hydrogens is 366 g/mol. The van der Waals surface area contributed by atoms with Gasteiger partial charge < -0.3 is 10.4 Å². The molecule has 1 amide bonds. The van der Waals surface area contributed by atoms with Crippen molar-refractivity contribution < 1.29 is 18.3 Å². The second-order valence-electron chi connectivity index (χ2n) is 5.59. The molecule has 136 valence electrons. The minimum absolute atomic E-state index is 0.0495. The molecule has 9 heteroatoms. The zero-order chi connectivity index (χ0) is 18.8. The summed E-state index contributed by atoms with van der Waals surface area (Å²) < 4.78 is 25.5. The number of phenolic OH excluding ortho intramolecular Hbond substituents is 1. The summed E-state index contributed by atoms with van der Waals surface area (Å²) in [7, 11) is -3.43. The molecule has 0 unspecified atom stereocenters. The first-order valence-corrected chi connectivity index (χ1v) is 9.74. The molecule has 2 N–H and O–H groups in total. The minimum atomic E-state index is -3.43. The topological polar surface area (TPSA) is 101 Å². The van der Waals surface area contributed by atoms with Gasteiger partial charge in [0, 0.05) is 6.42 Å². The van der Waals surface area contributed by atoms with Crippen LogP contribution in [0.25, 0.3) is 0 Å². The second kappa shape index (κ2) is 7.45. The summed E-state index contributed by atoms with van der Waals surface area (Å²) in [6.07, 6.45) is 0.0997. The Morgan fingerprint density at radius 1 is 1.36 bits per heavy atom. The highest BCUT2D eigenvalue weighted by Gasteiger charge is 2.16. The number of rotatable bonds is 6. The van der Waals surface area contributed by atoms with Gasteiger partial charge in [-0.3, -0.25) is 9.48 Å². The number of phenols is 1. The Morgan fingerprint density at radius 2 is 2.04 bits per heavy atom. The van der Waals surface area contributed by atoms with Crippen LogP contribution in [0.2, 0.25) is 5.02 Å². The van der Waals surface area contributed by atoms with Gasteiger partial charge in [-0.05, 0) is 32.0 Å². The second-order valence-corrected chi connectivity index (χ2v) is 8.24. The van der Waals surface area contributed by atoms with Crippen molar-refractivity contribution in [2.75, 3.05) is 11.1 Å². The lowest BCUT2D eigenvalue weighted by atomic mass is 10.2. The van der Waals surface area contributed by atoms with Gasteiger partial charge in [-0.25, -0.2) is 8.42 Å². The minimum Gasteiger partial charge on any atom is -0.506 e. The number of amides is 1. The molecule has 0 fully saturated rings. The molecule has 2 rings (SSSR count). The highest BCUT2D eigenvalue weighted by Crippen LogP contribution is 2.27. The largest absolute Gasteiger partial charge is 0.506 e. The smallest absolute Gasteiger partial charge is 0.226 e. The van der Waals surface area contributed by atoms with Gasteiger partial charge in [0.1, 0.15) is 5.75 Å². The summed E-state index contributed by atoms with van der Waals surface area (Å²) >= 11 is 6.06. The lowest BCUT2D eigenvalue weighted by Gasteiger charge is -2.10. The Hall–Kier alpha value is -2.06. The van der Waals surface area contributed by atoms with Crippen LogP contribution in [-0.2, 0) is 21.2 Å². The predicted molar refractivity (Wildman–Crippen MR) is 95.8 cm³/mol. The van der Waals surface area contributed by atoms with Crippen molar-refractivity contribution in [2.45, 2.75) is 38.6 Å². The molecule has 1 aromatic carbocycles. The van der Waals surface area contributed by atoms with E-state index >= 15 is 0 Å². The van der Waals surface area contributed by atoms with Crippen molar-refractivity contribution in [3.8, 4) is 5.75 Å². The fourth-order valence-electron chi connectivity index (χ4n) is 2.29. The molecule has 0 radical (unpaired) electrons. The number of nitrogens with one attached hydrogen (secondary N) is 1. The molecule has 0 saturated carbocycles. The number of sulfone groups is 1. The molecule has 25 heavy (non-hydrogen) atoms. The monoisotopic (exact) mass is 385 g/mol. The van der Waals surface area contributed by atoms with Gasteiger partial charge >= 0.3 is 0 Å². The van der Waals surface area contributed by atoms with Crippen LogP contribution >= 0.6 is 11.6 Å². The summed E-state index contributed by atoms with van der Waals surface area (Å²) in [5, 5.41) is 17.2. The van der Waals surface area contributed by atoms with Gasteiger partial charge in [0.05, 0.1) is 39.3 Å². The van der Waals surface area contributed by atoms with E-state index in [0.29, 0.717) is 17.3 Å². The molecule has 0 spiro atoms. The number of hydrogen-bond donors (Lipinski definition) is 2. The number of carbonyl (C=O) groups excluding carboxylic acids is 1. The van der Waals surface area contributed by atoms with Gasteiger partial charge in [0.2, 0.25) is 5.91 Å². The quantitative estimate of drug-likeness (QED) is 0.744. The van der Waals surface area contributed by atoms with E-state index in [-0.39, 0.29) is 34.4 Å². The van der Waals surface area contributed by atoms with Gasteiger partial charge in [-0.15, -0.1) is 0 Å². The molecule has 0 saturated heterocycles. The van der Waals surface area contributed by atoms with Crippen LogP contribution in [0.3, 0.4) is 0 Å². The first kappa shape index (κ1) is 19.3. The van der Waals surface area contributed by atoms with E-state index in [1.54, 1.807) is 11.6 Å². The Balaban J connectivity index is 2.10. The summed E-state index contributed by atoms with van der Waals surface area (Å²) in [4.78, 5) is 12.2. The maximum absolute atomic E-state index is 12.1. The summed E-state index contributed by atoms with van der Waals surface area (Å²) in [5.41, 5.74) is 1.52. The number of hydrogen-bond acceptors (Lipinski definition) is 5. The van der Waals surface area contributed by atoms with Crippen LogP contribution < -0.4 is 5.32 Å². The van der Waals surface area contributed by atoms with Crippen molar-refractivity contribution in [3.63, 3.8) is 0 Å². The van der Waals surface area contributed by atoms with E-state index in [4.69, 9.17) is 11.6 Å². The summed E-state index contributed by atoms with van der Waals surface area (Å²) in [6, 6.07) is 3.81. The Morgan fingerprint density at radius 3 is 2.60 bits per heavy atom. The van der Waals surface area contributed by atoms with Crippen molar-refractivity contribution in [3.05, 3.63) is 34.6 Å². The molecule has 0 bridgehead atoms. The molecule has 0 aliphatic heterocycles. The van der Waals surface area contributed by atoms with Crippen molar-refractivity contribution >= 4 is 33.0 Å². The third-order valence-corrected chi connectivity index (χ3v) is 6.10. The average molecular weight is 386 g/mol. The highest BCUT2D eigenvalue weighted by atomic mass is 35.5. The molecule has 2 aromatic rings. The van der Waals surface area contributed by atoms with Crippen molar-refractivity contribution in [2.24, 2.45) is 0 Å². The van der Waals surface area contributed by atoms with Crippen LogP contribution in [0.5, 0.6) is 5.75 Å². The highest BCUT2D eigenvalue weighted by molar-refractivity contribution is 7.91. The van der Waals surface area contributed by atoms with Crippen LogP contribution in [0.1, 0.15) is 24.7 Å². The normalized spacial score (nSPS) is 11.5. The first-order valence-electron chi connectivity index (χ1n) is 7.70. The SMILES string of the molecule is CCS(=O)(=O)c1ccc(O)c(NC(=O)CCn2nc(C)c(Cl)c2C)c1. The maximum atomic E-state index is 12.1. The standard InChI is InChI=1S/C16H20ClN3O4S/c1-4-25(23,24)12-5-6-14(21)13(9-12)18-15(22)7-8-20-11(3)16(17)10(2)19-20/h5-6,9,21H,4,7-8H2,1-3H3,(H,18,22). The van der Waals surface area contributed by atoms with Crippen molar-refractivity contribution in [1.82, 2.24) is 9.78 Å². The van der Waals surface area contributed by atoms with E-state index in [9.17, 15) is 18.3 Å². The molecular formula is C16H20ClN3O4S. The summed E-state index contributed by atoms with van der Waals surface area (Å²) in [5.74, 6) is -0.633. The number of anilines is 1. The number of nitrogens with zero attached hydrogens (tertiary/aromatic N) is 2. The van der Waals surface area contributed by atoms with E-state index in [1.807, 2.05) is 6.92 Å². The van der Waals surface area contributed by atoms with Crippen molar-refractivity contribution in [1.29, 1.82) is 0 Å². The van der Waals surface area contributed by atoms with E-state index in [0.717, 1.165) is 5.69 Å². The molecule has 7 nitrogen and oxygen atoms in total. The maximum Gasteiger partial charge on any atom is 0.226 e. The lowest BCUT2D eigenvalue weighted by Crippen LogP contribution is -2.16. The lowest BCUT2D eigenvalue weighted by molar-refractivity contribution is -0.116. The van der Waals surface area contributed by atoms with Gasteiger partial charge in [0.25, 0.3) is 0 Å². The first-order chi connectivity index (χ1) is 11.7. The predicted octanol–water partition coefficient (Wildman–Crippen LogP) is 2.68. The zero-order valence-corrected chi connectivity index (χ0v) is 15.8. The Kier molecular flexibility index (Phi) is 5.74. The van der Waals surface area contributed by atoms with E-state index in [1.165, 1.54) is 25.1 Å². The fourth-order valence-corrected chi connectivity index (χ4v) is 3.33. The number of carbonyl (C=O) groups is 1. The van der Waals surface area contributed by atoms with E-state index in [2.05, 4.69) is 10.4 Å². The molecule has 1 heterocycles. The van der Waals surface area contributed by atoms with E-state index < -0.39 is 9.84 Å². The van der Waals surface area contributed by atoms with Crippen LogP contribution in [0.4, 0.5) is 5.69 Å². The van der Waals surface area contributed by atoms with Crippen LogP contribution in [0, 0.1) is 13.8 Å². The number of aryl methyl sites for hydroxylation is 2. The van der Waals surface area contributed by atoms with Crippen LogP contribution in [0.15, 0.2) is 23.1 Å². The van der Waals surface area contributed by atoms with Crippen LogP contribution in [-0.4, -0.2) is 35.0 Å². The molecule has 0 aliphatic rings. The molecule has 1 aromatic heterocycles. The zero-order valence-electron chi connectivity index (χ0n) is 14.2. The Bertz CT molecular complexity index is 906. The number of aromatic hydroxyl groups is 1. The van der Waals surface area contributed by atoms with Gasteiger partial charge in [-0.1, -0.05) is 18.5 Å². The summed E-state index contributed by atoms with van der Waals surface area (Å²) in [6.45, 7) is 5.44. The van der Waals surface area contributed by atoms with Gasteiger partial charge in [-0.2, -0.15) is 5.10 Å². The third kappa shape index (κ3) is 4.32. The molecule has 0 atom stereocenters. The third-order valence-electron chi connectivity index (χ3n) is 3.83. The number of aromatic nitrogens is 2. The number of halogens is 1.